The highest BCUT2D eigenvalue weighted by molar-refractivity contribution is 6.13. The van der Waals surface area contributed by atoms with Gasteiger partial charge in [-0.25, -0.2) is 9.37 Å². The van der Waals surface area contributed by atoms with Gasteiger partial charge < -0.3 is 15.5 Å². The minimum atomic E-state index is -0.295. The van der Waals surface area contributed by atoms with E-state index in [-0.39, 0.29) is 11.7 Å². The van der Waals surface area contributed by atoms with Crippen LogP contribution in [0.1, 0.15) is 32.3 Å². The summed E-state index contributed by atoms with van der Waals surface area (Å²) in [6.07, 6.45) is 9.17. The Hall–Kier alpha value is -3.74. The molecular weight excluding hydrogens is 415 g/mol. The highest BCUT2D eigenvalue weighted by Crippen LogP contribution is 2.31. The normalized spacial score (nSPS) is 22.4. The van der Waals surface area contributed by atoms with Crippen molar-refractivity contribution in [2.45, 2.75) is 26.7 Å². The molecule has 1 aromatic carbocycles. The highest BCUT2D eigenvalue weighted by Gasteiger charge is 2.17. The van der Waals surface area contributed by atoms with Gasteiger partial charge in [-0.2, -0.15) is 0 Å². The molecule has 7 heteroatoms. The molecule has 0 bridgehead atoms. The van der Waals surface area contributed by atoms with E-state index < -0.39 is 0 Å². The maximum atomic E-state index is 15.1. The first kappa shape index (κ1) is 22.5. The first-order valence-electron chi connectivity index (χ1n) is 11.0. The molecule has 0 atom stereocenters. The van der Waals surface area contributed by atoms with Crippen LogP contribution in [0.2, 0.25) is 0 Å². The van der Waals surface area contributed by atoms with Crippen LogP contribution in [-0.2, 0) is 0 Å². The van der Waals surface area contributed by atoms with Crippen molar-refractivity contribution in [2.24, 2.45) is 4.99 Å². The Morgan fingerprint density at radius 2 is 2.12 bits per heavy atom. The zero-order chi connectivity index (χ0) is 23.5. The number of likely N-dealkylation sites (N-methyl/N-ethyl adjacent to an activating group) is 1. The molecule has 33 heavy (non-hydrogen) atoms. The molecule has 0 aliphatic carbocycles. The van der Waals surface area contributed by atoms with Crippen molar-refractivity contribution in [1.82, 2.24) is 15.2 Å². The molecule has 2 aliphatic rings. The number of hydrogen-bond acceptors (Lipinski definition) is 5. The number of aromatic nitrogens is 1. The minimum absolute atomic E-state index is 0.207. The van der Waals surface area contributed by atoms with Gasteiger partial charge in [0.25, 0.3) is 0 Å². The van der Waals surface area contributed by atoms with E-state index in [0.29, 0.717) is 23.3 Å². The molecule has 170 valence electrons. The summed E-state index contributed by atoms with van der Waals surface area (Å²) in [6.45, 7) is 9.37. The molecule has 1 aromatic heterocycles. The third kappa shape index (κ3) is 4.87. The van der Waals surface area contributed by atoms with Gasteiger partial charge in [-0.15, -0.1) is 0 Å². The van der Waals surface area contributed by atoms with Gasteiger partial charge in [-0.3, -0.25) is 10.4 Å². The molecule has 0 amide bonds. The van der Waals surface area contributed by atoms with Crippen molar-refractivity contribution >= 4 is 34.2 Å². The number of aliphatic imine (C=N–C) groups is 1. The number of pyridine rings is 1. The standard InChI is InChI=1S/C26H29FN6/c1-5-18-7-6-8-29-14-23(16(18)2)22-9-19-11-26(30-13-20(19)10-24(22)27)32-25(28)12-21-15-33(4)17(3)31-21/h5,9-14,31H,3,6-8,15H2,1-2,4H3,(H2,28,30,32)/b18-5+,21-12-,23-16+,29-14-. The fourth-order valence-corrected chi connectivity index (χ4v) is 4.15. The van der Waals surface area contributed by atoms with Crippen LogP contribution in [0.5, 0.6) is 0 Å². The first-order chi connectivity index (χ1) is 15.9. The molecule has 0 spiro atoms. The van der Waals surface area contributed by atoms with Crippen molar-refractivity contribution < 1.29 is 4.39 Å². The SMILES string of the molecule is C=C1N/C(=C\C(=N)Nc2cc3cc(C4=C(C)/C(=C/C)CCC/N=C\4)c(F)cc3cn2)CN1C. The van der Waals surface area contributed by atoms with E-state index in [1.807, 2.05) is 37.9 Å². The van der Waals surface area contributed by atoms with Crippen molar-refractivity contribution in [3.8, 4) is 0 Å². The van der Waals surface area contributed by atoms with Gasteiger partial charge >= 0.3 is 0 Å². The van der Waals surface area contributed by atoms with Gasteiger partial charge in [0.05, 0.1) is 12.4 Å². The molecule has 1 fully saturated rings. The summed E-state index contributed by atoms with van der Waals surface area (Å²) in [5.41, 5.74) is 4.49. The number of halogens is 1. The molecule has 0 unspecified atom stereocenters. The lowest BCUT2D eigenvalue weighted by molar-refractivity contribution is 0.493. The highest BCUT2D eigenvalue weighted by atomic mass is 19.1. The summed E-state index contributed by atoms with van der Waals surface area (Å²) in [5.74, 6) is 1.24. The molecule has 0 radical (unpaired) electrons. The largest absolute Gasteiger partial charge is 0.356 e. The summed E-state index contributed by atoms with van der Waals surface area (Å²) in [7, 11) is 1.94. The second-order valence-electron chi connectivity index (χ2n) is 8.38. The predicted octanol–water partition coefficient (Wildman–Crippen LogP) is 5.24. The topological polar surface area (TPSA) is 76.4 Å². The number of hydrogen-bond donors (Lipinski definition) is 3. The van der Waals surface area contributed by atoms with E-state index in [2.05, 4.69) is 33.3 Å². The number of allylic oxidation sites excluding steroid dienone is 4. The van der Waals surface area contributed by atoms with Crippen LogP contribution < -0.4 is 10.6 Å². The Morgan fingerprint density at radius 1 is 1.30 bits per heavy atom. The molecule has 6 nitrogen and oxygen atoms in total. The Bertz CT molecular complexity index is 1250. The lowest BCUT2D eigenvalue weighted by Gasteiger charge is -2.16. The number of rotatable bonds is 3. The van der Waals surface area contributed by atoms with Crippen molar-refractivity contribution in [3.05, 3.63) is 77.2 Å². The van der Waals surface area contributed by atoms with Crippen molar-refractivity contribution in [1.29, 1.82) is 5.41 Å². The third-order valence-electron chi connectivity index (χ3n) is 6.04. The Labute approximate surface area is 193 Å². The van der Waals surface area contributed by atoms with Crippen molar-refractivity contribution in [2.75, 3.05) is 25.5 Å². The van der Waals surface area contributed by atoms with Crippen LogP contribution >= 0.6 is 0 Å². The van der Waals surface area contributed by atoms with Crippen molar-refractivity contribution in [3.63, 3.8) is 0 Å². The van der Waals surface area contributed by atoms with Gasteiger partial charge in [-0.1, -0.05) is 12.7 Å². The third-order valence-corrected chi connectivity index (χ3v) is 6.04. The van der Waals surface area contributed by atoms with Gasteiger partial charge in [0, 0.05) is 54.3 Å². The van der Waals surface area contributed by atoms with Crippen LogP contribution in [0, 0.1) is 11.2 Å². The van der Waals surface area contributed by atoms with Gasteiger partial charge in [0.2, 0.25) is 0 Å². The Morgan fingerprint density at radius 3 is 2.85 bits per heavy atom. The second kappa shape index (κ2) is 9.40. The first-order valence-corrected chi connectivity index (χ1v) is 11.0. The fraction of sp³-hybridized carbons (Fsp3) is 0.269. The van der Waals surface area contributed by atoms with Crippen LogP contribution in [0.3, 0.4) is 0 Å². The number of benzene rings is 1. The summed E-state index contributed by atoms with van der Waals surface area (Å²) in [4.78, 5) is 10.8. The Kier molecular flexibility index (Phi) is 6.40. The average Bonchev–Trinajstić information content (AvgIpc) is 3.08. The molecule has 1 saturated heterocycles. The van der Waals surface area contributed by atoms with Crippen LogP contribution in [0.4, 0.5) is 10.2 Å². The predicted molar refractivity (Wildman–Crippen MR) is 135 cm³/mol. The van der Waals surface area contributed by atoms with Gasteiger partial charge in [0.1, 0.15) is 17.5 Å². The number of amidine groups is 1. The van der Waals surface area contributed by atoms with E-state index in [4.69, 9.17) is 5.41 Å². The summed E-state index contributed by atoms with van der Waals surface area (Å²) >= 11 is 0. The lowest BCUT2D eigenvalue weighted by atomic mass is 9.91. The summed E-state index contributed by atoms with van der Waals surface area (Å²) in [6, 6.07) is 5.20. The van der Waals surface area contributed by atoms with Crippen LogP contribution in [-0.4, -0.2) is 42.1 Å². The molecule has 2 aromatic rings. The minimum Gasteiger partial charge on any atom is -0.356 e. The maximum absolute atomic E-state index is 15.1. The van der Waals surface area contributed by atoms with E-state index in [9.17, 15) is 0 Å². The van der Waals surface area contributed by atoms with E-state index in [1.54, 1.807) is 18.5 Å². The summed E-state index contributed by atoms with van der Waals surface area (Å²) in [5, 5.41) is 16.0. The molecule has 0 saturated carbocycles. The molecule has 4 rings (SSSR count). The van der Waals surface area contributed by atoms with E-state index in [0.717, 1.165) is 47.4 Å². The fourth-order valence-electron chi connectivity index (χ4n) is 4.15. The number of anilines is 1. The van der Waals surface area contributed by atoms with Gasteiger partial charge in [0.15, 0.2) is 0 Å². The maximum Gasteiger partial charge on any atom is 0.132 e. The number of nitrogens with zero attached hydrogens (tertiary/aromatic N) is 3. The second-order valence-corrected chi connectivity index (χ2v) is 8.38. The van der Waals surface area contributed by atoms with E-state index >= 15 is 4.39 Å². The monoisotopic (exact) mass is 444 g/mol. The number of fused-ring (bicyclic) bond motifs is 1. The van der Waals surface area contributed by atoms with E-state index in [1.165, 1.54) is 11.6 Å². The number of nitrogens with one attached hydrogen (secondary N) is 3. The van der Waals surface area contributed by atoms with Gasteiger partial charge in [-0.05, 0) is 61.4 Å². The zero-order valence-corrected chi connectivity index (χ0v) is 19.3. The Balaban J connectivity index is 1.66. The lowest BCUT2D eigenvalue weighted by Crippen LogP contribution is -2.12. The smallest absolute Gasteiger partial charge is 0.132 e. The summed E-state index contributed by atoms with van der Waals surface area (Å²) < 4.78 is 15.1. The van der Waals surface area contributed by atoms with Crippen LogP contribution in [0.25, 0.3) is 16.3 Å². The zero-order valence-electron chi connectivity index (χ0n) is 19.3. The molecule has 2 aliphatic heterocycles. The molecule has 3 heterocycles. The van der Waals surface area contributed by atoms with Crippen LogP contribution in [0.15, 0.2) is 70.8 Å². The molecule has 3 N–H and O–H groups in total. The quantitative estimate of drug-likeness (QED) is 0.447. The average molecular weight is 445 g/mol. The molecular formula is C26H29FN6.